The van der Waals surface area contributed by atoms with Crippen LogP contribution < -0.4 is 4.90 Å². The summed E-state index contributed by atoms with van der Waals surface area (Å²) >= 11 is 0. The molecule has 160 valence electrons. The van der Waals surface area contributed by atoms with E-state index in [4.69, 9.17) is 0 Å². The third kappa shape index (κ3) is 3.14. The number of hydrogen-bond acceptors (Lipinski definition) is 2. The van der Waals surface area contributed by atoms with Crippen molar-refractivity contribution in [2.45, 2.75) is 45.4 Å². The van der Waals surface area contributed by atoms with Crippen LogP contribution in [-0.2, 0) is 10.8 Å². The van der Waals surface area contributed by atoms with Crippen LogP contribution >= 0.6 is 0 Å². The van der Waals surface area contributed by atoms with Gasteiger partial charge >= 0.3 is 0 Å². The predicted molar refractivity (Wildman–Crippen MR) is 135 cm³/mol. The highest BCUT2D eigenvalue weighted by molar-refractivity contribution is 5.93. The molecule has 1 aliphatic heterocycles. The van der Waals surface area contributed by atoms with Crippen LogP contribution in [0, 0.1) is 0 Å². The molecule has 2 heteroatoms. The molecule has 0 spiro atoms. The molecule has 0 aromatic heterocycles. The van der Waals surface area contributed by atoms with E-state index in [1.165, 1.54) is 33.2 Å². The molecule has 1 aliphatic rings. The van der Waals surface area contributed by atoms with Crippen molar-refractivity contribution in [2.24, 2.45) is 0 Å². The number of aldehydes is 1. The van der Waals surface area contributed by atoms with E-state index in [1.807, 2.05) is 6.07 Å². The van der Waals surface area contributed by atoms with E-state index in [0.29, 0.717) is 5.56 Å². The van der Waals surface area contributed by atoms with Crippen molar-refractivity contribution >= 4 is 34.1 Å². The van der Waals surface area contributed by atoms with Gasteiger partial charge in [-0.3, -0.25) is 4.79 Å². The van der Waals surface area contributed by atoms with Gasteiger partial charge in [0.2, 0.25) is 0 Å². The summed E-state index contributed by atoms with van der Waals surface area (Å²) in [5.74, 6) is 0. The van der Waals surface area contributed by atoms with Crippen molar-refractivity contribution in [3.63, 3.8) is 0 Å². The quantitative estimate of drug-likeness (QED) is 0.306. The summed E-state index contributed by atoms with van der Waals surface area (Å²) in [6, 6.07) is 28.1. The number of hydrogen-bond donors (Lipinski definition) is 0. The van der Waals surface area contributed by atoms with E-state index in [0.717, 1.165) is 17.7 Å². The largest absolute Gasteiger partial charge is 0.310 e. The van der Waals surface area contributed by atoms with Gasteiger partial charge in [0, 0.05) is 16.7 Å². The average molecular weight is 420 g/mol. The Kier molecular flexibility index (Phi) is 4.53. The van der Waals surface area contributed by atoms with E-state index in [2.05, 4.69) is 112 Å². The van der Waals surface area contributed by atoms with E-state index in [-0.39, 0.29) is 10.8 Å². The fourth-order valence-electron chi connectivity index (χ4n) is 4.89. The summed E-state index contributed by atoms with van der Waals surface area (Å²) in [7, 11) is 0. The number of nitrogens with zero attached hydrogens (tertiary/aromatic N) is 1. The molecule has 0 saturated heterocycles. The summed E-state index contributed by atoms with van der Waals surface area (Å²) in [5.41, 5.74) is 7.79. The zero-order valence-electron chi connectivity index (χ0n) is 19.4. The van der Waals surface area contributed by atoms with E-state index in [9.17, 15) is 4.79 Å². The zero-order valence-corrected chi connectivity index (χ0v) is 19.4. The number of benzene rings is 4. The lowest BCUT2D eigenvalue weighted by Gasteiger charge is -2.43. The lowest BCUT2D eigenvalue weighted by atomic mass is 9.71. The van der Waals surface area contributed by atoms with Gasteiger partial charge in [-0.2, -0.15) is 0 Å². The highest BCUT2D eigenvalue weighted by atomic mass is 16.1. The van der Waals surface area contributed by atoms with Crippen LogP contribution in [0.2, 0.25) is 0 Å². The van der Waals surface area contributed by atoms with Crippen molar-refractivity contribution < 1.29 is 4.79 Å². The normalized spacial score (nSPS) is 14.7. The molecule has 32 heavy (non-hydrogen) atoms. The molecule has 0 amide bonds. The second-order valence-corrected chi connectivity index (χ2v) is 10.4. The fourth-order valence-corrected chi connectivity index (χ4v) is 4.89. The number of anilines is 3. The molecule has 4 aromatic carbocycles. The van der Waals surface area contributed by atoms with Crippen molar-refractivity contribution in [3.05, 3.63) is 101 Å². The topological polar surface area (TPSA) is 20.3 Å². The Morgan fingerprint density at radius 1 is 0.750 bits per heavy atom. The zero-order chi connectivity index (χ0) is 22.7. The first kappa shape index (κ1) is 20.5. The van der Waals surface area contributed by atoms with Crippen LogP contribution in [-0.4, -0.2) is 6.29 Å². The molecule has 0 radical (unpaired) electrons. The summed E-state index contributed by atoms with van der Waals surface area (Å²) in [6.45, 7) is 11.3. The van der Waals surface area contributed by atoms with Crippen LogP contribution in [0.25, 0.3) is 10.8 Å². The molecular formula is C30H29NO. The van der Waals surface area contributed by atoms with Gasteiger partial charge < -0.3 is 4.90 Å². The molecule has 2 nitrogen and oxygen atoms in total. The van der Waals surface area contributed by atoms with Gasteiger partial charge in [-0.25, -0.2) is 0 Å². The van der Waals surface area contributed by atoms with E-state index in [1.54, 1.807) is 0 Å². The number of fused-ring (bicyclic) bond motifs is 3. The van der Waals surface area contributed by atoms with Gasteiger partial charge in [-0.15, -0.1) is 0 Å². The maximum Gasteiger partial charge on any atom is 0.150 e. The first-order chi connectivity index (χ1) is 15.2. The second-order valence-electron chi connectivity index (χ2n) is 10.4. The van der Waals surface area contributed by atoms with Gasteiger partial charge in [0.25, 0.3) is 0 Å². The Bertz CT molecular complexity index is 1360. The van der Waals surface area contributed by atoms with Crippen LogP contribution in [0.15, 0.2) is 78.9 Å². The predicted octanol–water partition coefficient (Wildman–Crippen LogP) is 8.06. The molecule has 5 rings (SSSR count). The molecule has 0 N–H and O–H groups in total. The van der Waals surface area contributed by atoms with Gasteiger partial charge in [-0.1, -0.05) is 77.1 Å². The lowest BCUT2D eigenvalue weighted by Crippen LogP contribution is -2.31. The summed E-state index contributed by atoms with van der Waals surface area (Å²) < 4.78 is 0. The smallest absolute Gasteiger partial charge is 0.150 e. The second kappa shape index (κ2) is 7.06. The maximum absolute atomic E-state index is 11.6. The molecule has 0 fully saturated rings. The van der Waals surface area contributed by atoms with Crippen LogP contribution in [0.3, 0.4) is 0 Å². The van der Waals surface area contributed by atoms with Gasteiger partial charge in [0.05, 0.1) is 11.4 Å². The number of carbonyl (C=O) groups is 1. The van der Waals surface area contributed by atoms with Gasteiger partial charge in [0.1, 0.15) is 6.29 Å². The molecular weight excluding hydrogens is 390 g/mol. The van der Waals surface area contributed by atoms with E-state index < -0.39 is 0 Å². The first-order valence-electron chi connectivity index (χ1n) is 11.2. The fraction of sp³-hybridized carbons (Fsp3) is 0.233. The molecule has 0 unspecified atom stereocenters. The standard InChI is InChI=1S/C30H29NO/c1-29(2,3)23-12-15-28-26(18-23)30(4,5)25-16-20(19-32)10-14-27(25)31(28)24-13-11-21-8-6-7-9-22(21)17-24/h6-19H,1-5H3. The lowest BCUT2D eigenvalue weighted by molar-refractivity contribution is 0.112. The highest BCUT2D eigenvalue weighted by Crippen LogP contribution is 2.52. The van der Waals surface area contributed by atoms with Crippen molar-refractivity contribution in [3.8, 4) is 0 Å². The third-order valence-corrected chi connectivity index (χ3v) is 6.84. The number of carbonyl (C=O) groups excluding carboxylic acids is 1. The highest BCUT2D eigenvalue weighted by Gasteiger charge is 2.38. The Morgan fingerprint density at radius 2 is 1.41 bits per heavy atom. The summed E-state index contributed by atoms with van der Waals surface area (Å²) in [6.07, 6.45) is 0.942. The first-order valence-corrected chi connectivity index (χ1v) is 11.2. The van der Waals surface area contributed by atoms with Crippen LogP contribution in [0.5, 0.6) is 0 Å². The van der Waals surface area contributed by atoms with Crippen molar-refractivity contribution in [1.29, 1.82) is 0 Å². The Labute approximate surface area is 190 Å². The minimum atomic E-state index is -0.224. The summed E-state index contributed by atoms with van der Waals surface area (Å²) in [4.78, 5) is 14.0. The third-order valence-electron chi connectivity index (χ3n) is 6.84. The molecule has 0 bridgehead atoms. The van der Waals surface area contributed by atoms with E-state index >= 15 is 0 Å². The monoisotopic (exact) mass is 419 g/mol. The van der Waals surface area contributed by atoms with Gasteiger partial charge in [0.15, 0.2) is 0 Å². The molecule has 0 aliphatic carbocycles. The minimum Gasteiger partial charge on any atom is -0.310 e. The Balaban J connectivity index is 1.81. The molecule has 1 heterocycles. The minimum absolute atomic E-state index is 0.0593. The molecule has 0 atom stereocenters. The van der Waals surface area contributed by atoms with Crippen molar-refractivity contribution in [2.75, 3.05) is 4.90 Å². The van der Waals surface area contributed by atoms with Crippen LogP contribution in [0.4, 0.5) is 17.1 Å². The van der Waals surface area contributed by atoms with Crippen LogP contribution in [0.1, 0.15) is 61.7 Å². The Morgan fingerprint density at radius 3 is 2.09 bits per heavy atom. The molecule has 0 saturated carbocycles. The van der Waals surface area contributed by atoms with Gasteiger partial charge in [-0.05, 0) is 69.3 Å². The Hall–Kier alpha value is -3.39. The molecule has 4 aromatic rings. The summed E-state index contributed by atoms with van der Waals surface area (Å²) in [5, 5.41) is 2.45. The average Bonchev–Trinajstić information content (AvgIpc) is 2.78. The maximum atomic E-state index is 11.6. The SMILES string of the molecule is CC(C)(C)c1ccc2c(c1)C(C)(C)c1cc(C=O)ccc1N2c1ccc2ccccc2c1. The number of rotatable bonds is 2. The van der Waals surface area contributed by atoms with Crippen molar-refractivity contribution in [1.82, 2.24) is 0 Å².